The van der Waals surface area contributed by atoms with E-state index in [0.717, 1.165) is 16.1 Å². The smallest absolute Gasteiger partial charge is 0.244 e. The van der Waals surface area contributed by atoms with Gasteiger partial charge in [0.15, 0.2) is 0 Å². The first kappa shape index (κ1) is 29.5. The third kappa shape index (κ3) is 8.71. The molecule has 198 valence electrons. The average Bonchev–Trinajstić information content (AvgIpc) is 2.82. The predicted molar refractivity (Wildman–Crippen MR) is 144 cm³/mol. The Balaban J connectivity index is 2.39. The quantitative estimate of drug-likeness (QED) is 0.415. The Morgan fingerprint density at radius 3 is 2.14 bits per heavy atom. The average molecular weight is 538 g/mol. The number of nitrogens with one attached hydrogen (secondary N) is 1. The fraction of sp³-hybridized carbons (Fsp3) is 0.462. The maximum absolute atomic E-state index is 13.6. The van der Waals surface area contributed by atoms with E-state index < -0.39 is 28.5 Å². The topological polar surface area (TPSA) is 96.0 Å². The van der Waals surface area contributed by atoms with Crippen LogP contribution in [-0.4, -0.2) is 57.1 Å². The van der Waals surface area contributed by atoms with E-state index in [1.54, 1.807) is 48.5 Å². The number of carbonyl (C=O) groups is 2. The van der Waals surface area contributed by atoms with Crippen molar-refractivity contribution in [1.82, 2.24) is 10.2 Å². The highest BCUT2D eigenvalue weighted by Gasteiger charge is 2.31. The lowest BCUT2D eigenvalue weighted by atomic mass is 10.1. The molecule has 0 bridgehead atoms. The Labute approximate surface area is 219 Å². The number of rotatable bonds is 13. The van der Waals surface area contributed by atoms with Gasteiger partial charge < -0.3 is 15.0 Å². The van der Waals surface area contributed by atoms with Crippen LogP contribution in [0, 0.1) is 5.92 Å². The Hall–Kier alpha value is -2.78. The summed E-state index contributed by atoms with van der Waals surface area (Å²) in [5.41, 5.74) is 1.10. The molecule has 10 heteroatoms. The van der Waals surface area contributed by atoms with Crippen LogP contribution in [0.2, 0.25) is 5.02 Å². The van der Waals surface area contributed by atoms with Crippen LogP contribution < -0.4 is 14.4 Å². The molecule has 2 rings (SSSR count). The van der Waals surface area contributed by atoms with Crippen molar-refractivity contribution >= 4 is 39.1 Å². The van der Waals surface area contributed by atoms with Gasteiger partial charge in [-0.1, -0.05) is 44.5 Å². The van der Waals surface area contributed by atoms with Crippen molar-refractivity contribution in [3.8, 4) is 5.75 Å². The van der Waals surface area contributed by atoms with Gasteiger partial charge in [-0.15, -0.1) is 0 Å². The molecular formula is C26H36ClN3O5S. The number of carbonyl (C=O) groups excluding carboxylic acids is 2. The molecule has 0 unspecified atom stereocenters. The van der Waals surface area contributed by atoms with Gasteiger partial charge in [-0.2, -0.15) is 0 Å². The van der Waals surface area contributed by atoms with Crippen LogP contribution in [-0.2, 0) is 26.2 Å². The Kier molecular flexibility index (Phi) is 11.0. The van der Waals surface area contributed by atoms with E-state index in [2.05, 4.69) is 5.32 Å². The van der Waals surface area contributed by atoms with E-state index in [0.29, 0.717) is 36.0 Å². The number of ether oxygens (including phenoxy) is 1. The van der Waals surface area contributed by atoms with Crippen molar-refractivity contribution in [2.24, 2.45) is 5.92 Å². The summed E-state index contributed by atoms with van der Waals surface area (Å²) in [7, 11) is -3.80. The Morgan fingerprint density at radius 1 is 1.03 bits per heavy atom. The summed E-state index contributed by atoms with van der Waals surface area (Å²) < 4.78 is 31.8. The maximum Gasteiger partial charge on any atom is 0.244 e. The lowest BCUT2D eigenvalue weighted by molar-refractivity contribution is -0.140. The molecule has 0 fully saturated rings. The molecule has 36 heavy (non-hydrogen) atoms. The van der Waals surface area contributed by atoms with Crippen molar-refractivity contribution in [3.63, 3.8) is 0 Å². The van der Waals surface area contributed by atoms with Crippen LogP contribution in [0.5, 0.6) is 5.75 Å². The molecule has 2 aromatic rings. The number of anilines is 1. The lowest BCUT2D eigenvalue weighted by Gasteiger charge is -2.33. The molecule has 2 amide bonds. The minimum atomic E-state index is -3.80. The zero-order valence-electron chi connectivity index (χ0n) is 21.5. The van der Waals surface area contributed by atoms with Crippen LogP contribution in [0.1, 0.15) is 39.7 Å². The minimum absolute atomic E-state index is 0.129. The number of hydrogen-bond donors (Lipinski definition) is 1. The largest absolute Gasteiger partial charge is 0.494 e. The molecular weight excluding hydrogens is 502 g/mol. The van der Waals surface area contributed by atoms with Gasteiger partial charge >= 0.3 is 0 Å². The standard InChI is InChI=1S/C26H36ClN3O5S/c1-6-24(26(32)28-16-19(3)4)29(17-20-8-10-21(27)11-9-20)25(31)18-30(36(5,33)34)22-12-14-23(15-13-22)35-7-2/h8-15,19,24H,6-7,16-18H2,1-5H3,(H,28,32)/t24-/m1/s1. The van der Waals surface area contributed by atoms with Crippen molar-refractivity contribution in [2.45, 2.75) is 46.7 Å². The molecule has 0 aliphatic rings. The molecule has 0 heterocycles. The summed E-state index contributed by atoms with van der Waals surface area (Å²) in [6.45, 7) is 8.27. The van der Waals surface area contributed by atoms with Gasteiger partial charge in [0.2, 0.25) is 21.8 Å². The van der Waals surface area contributed by atoms with Gasteiger partial charge in [0.25, 0.3) is 0 Å². The van der Waals surface area contributed by atoms with Crippen LogP contribution >= 0.6 is 11.6 Å². The number of nitrogens with zero attached hydrogens (tertiary/aromatic N) is 2. The highest BCUT2D eigenvalue weighted by Crippen LogP contribution is 2.23. The van der Waals surface area contributed by atoms with Crippen LogP contribution in [0.15, 0.2) is 48.5 Å². The maximum atomic E-state index is 13.6. The van der Waals surface area contributed by atoms with E-state index in [1.165, 1.54) is 4.90 Å². The summed E-state index contributed by atoms with van der Waals surface area (Å²) >= 11 is 6.01. The van der Waals surface area contributed by atoms with Crippen molar-refractivity contribution < 1.29 is 22.7 Å². The fourth-order valence-corrected chi connectivity index (χ4v) is 4.59. The van der Waals surface area contributed by atoms with Gasteiger partial charge in [0.1, 0.15) is 18.3 Å². The molecule has 0 spiro atoms. The van der Waals surface area contributed by atoms with E-state index in [9.17, 15) is 18.0 Å². The van der Waals surface area contributed by atoms with E-state index >= 15 is 0 Å². The SMILES string of the molecule is CCOc1ccc(N(CC(=O)N(Cc2ccc(Cl)cc2)[C@H](CC)C(=O)NCC(C)C)S(C)(=O)=O)cc1. The number of benzene rings is 2. The number of hydrogen-bond acceptors (Lipinski definition) is 5. The Morgan fingerprint density at radius 2 is 1.64 bits per heavy atom. The van der Waals surface area contributed by atoms with Gasteiger partial charge in [0.05, 0.1) is 18.6 Å². The summed E-state index contributed by atoms with van der Waals surface area (Å²) in [5, 5.41) is 3.45. The molecule has 2 aromatic carbocycles. The normalized spacial score (nSPS) is 12.2. The number of amides is 2. The molecule has 0 saturated heterocycles. The van der Waals surface area contributed by atoms with Gasteiger partial charge in [-0.05, 0) is 61.2 Å². The van der Waals surface area contributed by atoms with E-state index in [1.807, 2.05) is 27.7 Å². The molecule has 0 radical (unpaired) electrons. The van der Waals surface area contributed by atoms with E-state index in [4.69, 9.17) is 16.3 Å². The monoisotopic (exact) mass is 537 g/mol. The van der Waals surface area contributed by atoms with Crippen LogP contribution in [0.25, 0.3) is 0 Å². The van der Waals surface area contributed by atoms with Gasteiger partial charge in [0, 0.05) is 18.1 Å². The Bertz CT molecular complexity index is 1110. The van der Waals surface area contributed by atoms with E-state index in [-0.39, 0.29) is 18.4 Å². The van der Waals surface area contributed by atoms with Crippen molar-refractivity contribution in [2.75, 3.05) is 30.3 Å². The fourth-order valence-electron chi connectivity index (χ4n) is 3.62. The first-order valence-corrected chi connectivity index (χ1v) is 14.2. The first-order valence-electron chi connectivity index (χ1n) is 12.0. The van der Waals surface area contributed by atoms with Gasteiger partial charge in [-0.25, -0.2) is 8.42 Å². The molecule has 1 atom stereocenters. The van der Waals surface area contributed by atoms with Crippen molar-refractivity contribution in [3.05, 3.63) is 59.1 Å². The third-order valence-corrected chi connectivity index (χ3v) is 6.84. The first-order chi connectivity index (χ1) is 17.0. The predicted octanol–water partition coefficient (Wildman–Crippen LogP) is 4.08. The summed E-state index contributed by atoms with van der Waals surface area (Å²) in [4.78, 5) is 28.1. The second kappa shape index (κ2) is 13.5. The van der Waals surface area contributed by atoms with Crippen LogP contribution in [0.4, 0.5) is 5.69 Å². The molecule has 0 aliphatic carbocycles. The highest BCUT2D eigenvalue weighted by atomic mass is 35.5. The summed E-state index contributed by atoms with van der Waals surface area (Å²) in [6.07, 6.45) is 1.41. The summed E-state index contributed by atoms with van der Waals surface area (Å²) in [6, 6.07) is 12.7. The molecule has 1 N–H and O–H groups in total. The highest BCUT2D eigenvalue weighted by molar-refractivity contribution is 7.92. The molecule has 0 aromatic heterocycles. The molecule has 8 nitrogen and oxygen atoms in total. The van der Waals surface area contributed by atoms with Gasteiger partial charge in [-0.3, -0.25) is 13.9 Å². The van der Waals surface area contributed by atoms with Crippen LogP contribution in [0.3, 0.4) is 0 Å². The number of halogens is 1. The summed E-state index contributed by atoms with van der Waals surface area (Å²) in [5.74, 6) is 0.0711. The lowest BCUT2D eigenvalue weighted by Crippen LogP contribution is -2.52. The second-order valence-corrected chi connectivity index (χ2v) is 11.3. The van der Waals surface area contributed by atoms with Crippen molar-refractivity contribution in [1.29, 1.82) is 0 Å². The zero-order valence-corrected chi connectivity index (χ0v) is 23.1. The second-order valence-electron chi connectivity index (χ2n) is 8.91. The molecule has 0 aliphatic heterocycles. The third-order valence-electron chi connectivity index (χ3n) is 5.45. The minimum Gasteiger partial charge on any atom is -0.494 e. The zero-order chi connectivity index (χ0) is 26.9. The number of sulfonamides is 1. The molecule has 0 saturated carbocycles.